The van der Waals surface area contributed by atoms with Gasteiger partial charge < -0.3 is 10.4 Å². The predicted molar refractivity (Wildman–Crippen MR) is 75.8 cm³/mol. The number of thiazole rings is 1. The topological polar surface area (TPSA) is 65.5 Å². The van der Waals surface area contributed by atoms with Crippen LogP contribution in [0.4, 0.5) is 0 Å². The van der Waals surface area contributed by atoms with Crippen LogP contribution in [0.1, 0.15) is 40.1 Å². The summed E-state index contributed by atoms with van der Waals surface area (Å²) in [5.41, 5.74) is 0.255. The van der Waals surface area contributed by atoms with E-state index >= 15 is 0 Å². The molecule has 2 rings (SSSR count). The average molecular weight is 283 g/mol. The number of hydrogen-bond donors (Lipinski definition) is 2. The van der Waals surface area contributed by atoms with Crippen molar-refractivity contribution in [1.82, 2.24) is 15.2 Å². The average Bonchev–Trinajstić information content (AvgIpc) is 2.59. The third-order valence-electron chi connectivity index (χ3n) is 3.21. The molecule has 0 spiro atoms. The van der Waals surface area contributed by atoms with Gasteiger partial charge in [-0.25, -0.2) is 9.78 Å². The molecule has 5 nitrogen and oxygen atoms in total. The minimum Gasteiger partial charge on any atom is -0.476 e. The third kappa shape index (κ3) is 3.99. The third-order valence-corrected chi connectivity index (χ3v) is 4.31. The second-order valence-electron chi connectivity index (χ2n) is 4.81. The molecule has 0 aliphatic carbocycles. The first-order chi connectivity index (χ1) is 9.20. The maximum absolute atomic E-state index is 11.3. The van der Waals surface area contributed by atoms with Gasteiger partial charge in [0.05, 0.1) is 9.88 Å². The molecule has 0 bridgehead atoms. The SMILES string of the molecule is CCCc1nc(C(=O)O)c(CN2CCCNCC2)s1. The number of aromatic nitrogens is 1. The summed E-state index contributed by atoms with van der Waals surface area (Å²) in [5.74, 6) is -0.901. The standard InChI is InChI=1S/C13H21N3O2S/c1-2-4-11-15-12(13(17)18)10(19-11)9-16-7-3-5-14-6-8-16/h14H,2-9H2,1H3,(H,17,18). The molecule has 0 aromatic carbocycles. The molecule has 0 saturated carbocycles. The van der Waals surface area contributed by atoms with Crippen LogP contribution in [-0.4, -0.2) is 47.1 Å². The van der Waals surface area contributed by atoms with Crippen LogP contribution in [0.15, 0.2) is 0 Å². The number of carboxylic acids is 1. The largest absolute Gasteiger partial charge is 0.476 e. The Balaban J connectivity index is 2.10. The van der Waals surface area contributed by atoms with Crippen LogP contribution in [0.25, 0.3) is 0 Å². The van der Waals surface area contributed by atoms with Crippen LogP contribution in [-0.2, 0) is 13.0 Å². The van der Waals surface area contributed by atoms with E-state index in [1.807, 2.05) is 0 Å². The number of hydrogen-bond acceptors (Lipinski definition) is 5. The molecule has 1 aromatic heterocycles. The van der Waals surface area contributed by atoms with Gasteiger partial charge in [0.15, 0.2) is 5.69 Å². The van der Waals surface area contributed by atoms with E-state index in [4.69, 9.17) is 0 Å². The zero-order valence-electron chi connectivity index (χ0n) is 11.3. The lowest BCUT2D eigenvalue weighted by Gasteiger charge is -2.18. The van der Waals surface area contributed by atoms with E-state index in [2.05, 4.69) is 22.1 Å². The molecule has 0 radical (unpaired) electrons. The Bertz CT molecular complexity index is 426. The molecule has 0 atom stereocenters. The summed E-state index contributed by atoms with van der Waals surface area (Å²) in [7, 11) is 0. The molecule has 0 amide bonds. The lowest BCUT2D eigenvalue weighted by Crippen LogP contribution is -2.27. The highest BCUT2D eigenvalue weighted by Gasteiger charge is 2.19. The number of rotatable bonds is 5. The molecule has 1 aliphatic rings. The van der Waals surface area contributed by atoms with Crippen molar-refractivity contribution in [3.05, 3.63) is 15.6 Å². The fourth-order valence-corrected chi connectivity index (χ4v) is 3.46. The van der Waals surface area contributed by atoms with Gasteiger partial charge in [-0.1, -0.05) is 6.92 Å². The van der Waals surface area contributed by atoms with Gasteiger partial charge in [-0.15, -0.1) is 11.3 Å². The summed E-state index contributed by atoms with van der Waals surface area (Å²) < 4.78 is 0. The van der Waals surface area contributed by atoms with E-state index in [1.54, 1.807) is 11.3 Å². The Kier molecular flexibility index (Phi) is 5.30. The molecule has 0 unspecified atom stereocenters. The summed E-state index contributed by atoms with van der Waals surface area (Å²) in [6.45, 7) is 6.81. The van der Waals surface area contributed by atoms with Crippen molar-refractivity contribution in [2.45, 2.75) is 32.7 Å². The van der Waals surface area contributed by atoms with Crippen LogP contribution >= 0.6 is 11.3 Å². The van der Waals surface area contributed by atoms with Gasteiger partial charge in [0.1, 0.15) is 0 Å². The maximum Gasteiger partial charge on any atom is 0.355 e. The fourth-order valence-electron chi connectivity index (χ4n) is 2.26. The Morgan fingerprint density at radius 3 is 3.05 bits per heavy atom. The highest BCUT2D eigenvalue weighted by Crippen LogP contribution is 2.22. The molecular weight excluding hydrogens is 262 g/mol. The van der Waals surface area contributed by atoms with Crippen molar-refractivity contribution >= 4 is 17.3 Å². The lowest BCUT2D eigenvalue weighted by atomic mass is 10.3. The van der Waals surface area contributed by atoms with Crippen molar-refractivity contribution < 1.29 is 9.90 Å². The maximum atomic E-state index is 11.3. The Morgan fingerprint density at radius 1 is 1.47 bits per heavy atom. The minimum atomic E-state index is -0.901. The molecule has 19 heavy (non-hydrogen) atoms. The van der Waals surface area contributed by atoms with Crippen molar-refractivity contribution in [2.75, 3.05) is 26.2 Å². The molecule has 1 aromatic rings. The fraction of sp³-hybridized carbons (Fsp3) is 0.692. The number of nitrogens with one attached hydrogen (secondary N) is 1. The second-order valence-corrected chi connectivity index (χ2v) is 5.98. The number of carboxylic acid groups (broad SMARTS) is 1. The van der Waals surface area contributed by atoms with E-state index in [0.717, 1.165) is 55.3 Å². The van der Waals surface area contributed by atoms with E-state index in [0.29, 0.717) is 6.54 Å². The van der Waals surface area contributed by atoms with Gasteiger partial charge in [0.2, 0.25) is 0 Å². The van der Waals surface area contributed by atoms with Crippen molar-refractivity contribution in [1.29, 1.82) is 0 Å². The quantitative estimate of drug-likeness (QED) is 0.859. The van der Waals surface area contributed by atoms with Crippen molar-refractivity contribution in [3.8, 4) is 0 Å². The molecule has 106 valence electrons. The smallest absolute Gasteiger partial charge is 0.355 e. The van der Waals surface area contributed by atoms with Gasteiger partial charge >= 0.3 is 5.97 Å². The zero-order chi connectivity index (χ0) is 13.7. The Labute approximate surface area is 117 Å². The number of aryl methyl sites for hydroxylation is 1. The van der Waals surface area contributed by atoms with Gasteiger partial charge in [-0.3, -0.25) is 4.90 Å². The number of nitrogens with zero attached hydrogens (tertiary/aromatic N) is 2. The van der Waals surface area contributed by atoms with Crippen LogP contribution in [0.5, 0.6) is 0 Å². The van der Waals surface area contributed by atoms with Crippen LogP contribution in [0.3, 0.4) is 0 Å². The molecule has 2 N–H and O–H groups in total. The van der Waals surface area contributed by atoms with Gasteiger partial charge in [0, 0.05) is 19.6 Å². The van der Waals surface area contributed by atoms with Crippen molar-refractivity contribution in [2.24, 2.45) is 0 Å². The summed E-state index contributed by atoms with van der Waals surface area (Å²) in [4.78, 5) is 18.7. The summed E-state index contributed by atoms with van der Waals surface area (Å²) in [5, 5.41) is 13.5. The Morgan fingerprint density at radius 2 is 2.32 bits per heavy atom. The first-order valence-corrected chi connectivity index (χ1v) is 7.67. The van der Waals surface area contributed by atoms with E-state index in [-0.39, 0.29) is 5.69 Å². The summed E-state index contributed by atoms with van der Waals surface area (Å²) in [6.07, 6.45) is 2.98. The molecule has 1 aliphatic heterocycles. The van der Waals surface area contributed by atoms with Crippen LogP contribution in [0.2, 0.25) is 0 Å². The van der Waals surface area contributed by atoms with Crippen molar-refractivity contribution in [3.63, 3.8) is 0 Å². The second kappa shape index (κ2) is 6.98. The normalized spacial score (nSPS) is 17.3. The highest BCUT2D eigenvalue weighted by atomic mass is 32.1. The molecule has 6 heteroatoms. The van der Waals surface area contributed by atoms with Gasteiger partial charge in [-0.05, 0) is 32.4 Å². The molecule has 1 saturated heterocycles. The summed E-state index contributed by atoms with van der Waals surface area (Å²) in [6, 6.07) is 0. The molecule has 1 fully saturated rings. The lowest BCUT2D eigenvalue weighted by molar-refractivity contribution is 0.0689. The van der Waals surface area contributed by atoms with E-state index in [9.17, 15) is 9.90 Å². The molecule has 2 heterocycles. The number of aromatic carboxylic acids is 1. The van der Waals surface area contributed by atoms with Crippen LogP contribution in [0, 0.1) is 0 Å². The zero-order valence-corrected chi connectivity index (χ0v) is 12.1. The van der Waals surface area contributed by atoms with Gasteiger partial charge in [-0.2, -0.15) is 0 Å². The first kappa shape index (κ1) is 14.4. The monoisotopic (exact) mass is 283 g/mol. The summed E-state index contributed by atoms with van der Waals surface area (Å²) >= 11 is 1.56. The predicted octanol–water partition coefficient (Wildman–Crippen LogP) is 1.59. The number of carbonyl (C=O) groups is 1. The minimum absolute atomic E-state index is 0.255. The Hall–Kier alpha value is -0.980. The molecular formula is C13H21N3O2S. The van der Waals surface area contributed by atoms with Gasteiger partial charge in [0.25, 0.3) is 0 Å². The first-order valence-electron chi connectivity index (χ1n) is 6.85. The van der Waals surface area contributed by atoms with E-state index in [1.165, 1.54) is 0 Å². The van der Waals surface area contributed by atoms with Crippen LogP contribution < -0.4 is 5.32 Å². The highest BCUT2D eigenvalue weighted by molar-refractivity contribution is 7.11. The van der Waals surface area contributed by atoms with E-state index < -0.39 is 5.97 Å².